The molecule has 1 atom stereocenters. The first-order valence-corrected chi connectivity index (χ1v) is 6.22. The monoisotopic (exact) mass is 262 g/mol. The summed E-state index contributed by atoms with van der Waals surface area (Å²) in [6.45, 7) is 5.85. The fourth-order valence-corrected chi connectivity index (χ4v) is 2.28. The quantitative estimate of drug-likeness (QED) is 0.886. The van der Waals surface area contributed by atoms with Crippen molar-refractivity contribution in [3.63, 3.8) is 0 Å². The minimum absolute atomic E-state index is 0.0719. The van der Waals surface area contributed by atoms with Gasteiger partial charge in [-0.1, -0.05) is 0 Å². The van der Waals surface area contributed by atoms with E-state index in [4.69, 9.17) is 9.47 Å². The zero-order valence-electron chi connectivity index (χ0n) is 12.5. The van der Waals surface area contributed by atoms with Crippen molar-refractivity contribution < 1.29 is 9.47 Å². The lowest BCUT2D eigenvalue weighted by Crippen LogP contribution is -2.31. The minimum Gasteiger partial charge on any atom is -0.493 e. The predicted molar refractivity (Wildman–Crippen MR) is 75.5 cm³/mol. The van der Waals surface area contributed by atoms with Crippen LogP contribution in [0.3, 0.4) is 0 Å². The van der Waals surface area contributed by atoms with Crippen molar-refractivity contribution in [3.8, 4) is 17.6 Å². The van der Waals surface area contributed by atoms with E-state index in [9.17, 15) is 5.26 Å². The molecule has 1 N–H and O–H groups in total. The molecular formula is C15H22N2O2. The van der Waals surface area contributed by atoms with Gasteiger partial charge in [-0.3, -0.25) is 0 Å². The standard InChI is InChI=1S/C15H22N2O2/c1-10-7-12(18-5)13(19-6)8-11(10)14(17-4)15(2,3)9-16/h7-8,14,17H,1-6H3. The van der Waals surface area contributed by atoms with Crippen molar-refractivity contribution in [2.75, 3.05) is 21.3 Å². The van der Waals surface area contributed by atoms with E-state index in [1.807, 2.05) is 40.0 Å². The van der Waals surface area contributed by atoms with Gasteiger partial charge in [-0.2, -0.15) is 5.26 Å². The summed E-state index contributed by atoms with van der Waals surface area (Å²) in [6.07, 6.45) is 0. The summed E-state index contributed by atoms with van der Waals surface area (Å²) in [6, 6.07) is 6.15. The van der Waals surface area contributed by atoms with Crippen LogP contribution in [0.1, 0.15) is 31.0 Å². The molecule has 0 aromatic heterocycles. The zero-order valence-corrected chi connectivity index (χ0v) is 12.5. The number of hydrogen-bond acceptors (Lipinski definition) is 4. The number of benzene rings is 1. The molecule has 0 bridgehead atoms. The molecule has 0 saturated carbocycles. The van der Waals surface area contributed by atoms with Crippen LogP contribution >= 0.6 is 0 Å². The van der Waals surface area contributed by atoms with Crippen LogP contribution in [0.2, 0.25) is 0 Å². The third kappa shape index (κ3) is 2.99. The number of methoxy groups -OCH3 is 2. The summed E-state index contributed by atoms with van der Waals surface area (Å²) in [4.78, 5) is 0. The van der Waals surface area contributed by atoms with E-state index in [0.29, 0.717) is 11.5 Å². The lowest BCUT2D eigenvalue weighted by Gasteiger charge is -2.30. The normalized spacial score (nSPS) is 12.7. The second-order valence-electron chi connectivity index (χ2n) is 5.12. The number of rotatable bonds is 5. The Morgan fingerprint density at radius 3 is 2.16 bits per heavy atom. The number of nitrogens with zero attached hydrogens (tertiary/aromatic N) is 1. The van der Waals surface area contributed by atoms with Gasteiger partial charge in [-0.15, -0.1) is 0 Å². The lowest BCUT2D eigenvalue weighted by molar-refractivity contribution is 0.334. The fourth-order valence-electron chi connectivity index (χ4n) is 2.28. The number of nitriles is 1. The van der Waals surface area contributed by atoms with Gasteiger partial charge >= 0.3 is 0 Å². The molecule has 0 amide bonds. The average molecular weight is 262 g/mol. The van der Waals surface area contributed by atoms with Gasteiger partial charge in [0, 0.05) is 0 Å². The molecule has 19 heavy (non-hydrogen) atoms. The Kier molecular flexibility index (Phi) is 4.79. The Balaban J connectivity index is 3.37. The fraction of sp³-hybridized carbons (Fsp3) is 0.533. The van der Waals surface area contributed by atoms with Gasteiger partial charge in [0.1, 0.15) is 0 Å². The Hall–Kier alpha value is -1.73. The van der Waals surface area contributed by atoms with E-state index < -0.39 is 5.41 Å². The van der Waals surface area contributed by atoms with Gasteiger partial charge in [0.05, 0.1) is 31.7 Å². The third-order valence-corrected chi connectivity index (χ3v) is 3.38. The van der Waals surface area contributed by atoms with Crippen LogP contribution in [-0.2, 0) is 0 Å². The van der Waals surface area contributed by atoms with Gasteiger partial charge in [0.15, 0.2) is 11.5 Å². The predicted octanol–water partition coefficient (Wildman–Crippen LogP) is 2.82. The first-order chi connectivity index (χ1) is 8.91. The van der Waals surface area contributed by atoms with Gasteiger partial charge in [-0.25, -0.2) is 0 Å². The van der Waals surface area contributed by atoms with Crippen LogP contribution in [0.15, 0.2) is 12.1 Å². The van der Waals surface area contributed by atoms with E-state index in [2.05, 4.69) is 11.4 Å². The maximum absolute atomic E-state index is 9.33. The second-order valence-corrected chi connectivity index (χ2v) is 5.12. The molecule has 0 radical (unpaired) electrons. The summed E-state index contributed by atoms with van der Waals surface area (Å²) >= 11 is 0. The highest BCUT2D eigenvalue weighted by Gasteiger charge is 2.31. The topological polar surface area (TPSA) is 54.3 Å². The molecule has 0 aliphatic carbocycles. The molecule has 1 rings (SSSR count). The smallest absolute Gasteiger partial charge is 0.161 e. The largest absolute Gasteiger partial charge is 0.493 e. The van der Waals surface area contributed by atoms with Gasteiger partial charge in [0.25, 0.3) is 0 Å². The third-order valence-electron chi connectivity index (χ3n) is 3.38. The molecule has 1 aromatic rings. The van der Waals surface area contributed by atoms with Crippen molar-refractivity contribution >= 4 is 0 Å². The van der Waals surface area contributed by atoms with Crippen LogP contribution < -0.4 is 14.8 Å². The molecule has 0 saturated heterocycles. The molecule has 0 fully saturated rings. The first-order valence-electron chi connectivity index (χ1n) is 6.22. The van der Waals surface area contributed by atoms with E-state index in [1.54, 1.807) is 14.2 Å². The van der Waals surface area contributed by atoms with E-state index in [0.717, 1.165) is 11.1 Å². The van der Waals surface area contributed by atoms with Gasteiger partial charge in [-0.05, 0) is 51.1 Å². The van der Waals surface area contributed by atoms with Gasteiger partial charge in [0.2, 0.25) is 0 Å². The minimum atomic E-state index is -0.515. The Morgan fingerprint density at radius 1 is 1.21 bits per heavy atom. The molecule has 0 aliphatic rings. The van der Waals surface area contributed by atoms with Crippen LogP contribution in [-0.4, -0.2) is 21.3 Å². The van der Waals surface area contributed by atoms with Crippen molar-refractivity contribution in [1.29, 1.82) is 5.26 Å². The summed E-state index contributed by atoms with van der Waals surface area (Å²) in [5.41, 5.74) is 1.60. The Morgan fingerprint density at radius 2 is 1.74 bits per heavy atom. The SMILES string of the molecule is CNC(c1cc(OC)c(OC)cc1C)C(C)(C)C#N. The van der Waals surface area contributed by atoms with E-state index >= 15 is 0 Å². The number of nitrogens with one attached hydrogen (secondary N) is 1. The lowest BCUT2D eigenvalue weighted by atomic mass is 9.80. The molecule has 1 unspecified atom stereocenters. The maximum Gasteiger partial charge on any atom is 0.161 e. The van der Waals surface area contributed by atoms with Crippen LogP contribution in [0.5, 0.6) is 11.5 Å². The first kappa shape index (κ1) is 15.3. The summed E-state index contributed by atoms with van der Waals surface area (Å²) in [5.74, 6) is 1.38. The molecule has 4 heteroatoms. The molecule has 0 aliphatic heterocycles. The molecule has 0 heterocycles. The highest BCUT2D eigenvalue weighted by Crippen LogP contribution is 2.39. The highest BCUT2D eigenvalue weighted by atomic mass is 16.5. The highest BCUT2D eigenvalue weighted by molar-refractivity contribution is 5.48. The van der Waals surface area contributed by atoms with E-state index in [-0.39, 0.29) is 6.04 Å². The average Bonchev–Trinajstić information content (AvgIpc) is 2.40. The summed E-state index contributed by atoms with van der Waals surface area (Å²) in [7, 11) is 5.09. The van der Waals surface area contributed by atoms with Gasteiger partial charge < -0.3 is 14.8 Å². The Labute approximate surface area is 115 Å². The van der Waals surface area contributed by atoms with E-state index in [1.165, 1.54) is 0 Å². The Bertz CT molecular complexity index is 490. The van der Waals surface area contributed by atoms with Crippen molar-refractivity contribution in [3.05, 3.63) is 23.3 Å². The molecule has 4 nitrogen and oxygen atoms in total. The molecule has 0 spiro atoms. The molecule has 1 aromatic carbocycles. The number of aryl methyl sites for hydroxylation is 1. The number of hydrogen-bond donors (Lipinski definition) is 1. The van der Waals surface area contributed by atoms with Crippen molar-refractivity contribution in [1.82, 2.24) is 5.32 Å². The number of ether oxygens (including phenoxy) is 2. The molecular weight excluding hydrogens is 240 g/mol. The zero-order chi connectivity index (χ0) is 14.6. The second kappa shape index (κ2) is 5.94. The van der Waals surface area contributed by atoms with Crippen LogP contribution in [0, 0.1) is 23.7 Å². The van der Waals surface area contributed by atoms with Crippen molar-refractivity contribution in [2.45, 2.75) is 26.8 Å². The summed E-state index contributed by atoms with van der Waals surface area (Å²) < 4.78 is 10.6. The maximum atomic E-state index is 9.33. The van der Waals surface area contributed by atoms with Crippen molar-refractivity contribution in [2.24, 2.45) is 5.41 Å². The van der Waals surface area contributed by atoms with Crippen LogP contribution in [0.4, 0.5) is 0 Å². The summed E-state index contributed by atoms with van der Waals surface area (Å²) in [5, 5.41) is 12.5. The molecule has 104 valence electrons. The van der Waals surface area contributed by atoms with Crippen LogP contribution in [0.25, 0.3) is 0 Å².